The number of methoxy groups -OCH3 is 1. The summed E-state index contributed by atoms with van der Waals surface area (Å²) in [5.41, 5.74) is 3.92. The Hall–Kier alpha value is -3.28. The lowest BCUT2D eigenvalue weighted by molar-refractivity contribution is -0.105. The van der Waals surface area contributed by atoms with Gasteiger partial charge in [-0.25, -0.2) is 4.79 Å². The number of carboxylic acids is 1. The molecule has 6 nitrogen and oxygen atoms in total. The number of carboxylic acid groups (broad SMARTS) is 1. The topological polar surface area (TPSA) is 80.6 Å². The maximum atomic E-state index is 11.1. The number of nitrogens with zero attached hydrogens (tertiary/aromatic N) is 1. The molecule has 25 heavy (non-hydrogen) atoms. The normalized spacial score (nSPS) is 10.6. The summed E-state index contributed by atoms with van der Waals surface area (Å²) in [4.78, 5) is 21.8. The Balaban J connectivity index is 2.04. The number of ether oxygens (including phenoxy) is 1. The van der Waals surface area contributed by atoms with Crippen molar-refractivity contribution in [1.29, 1.82) is 0 Å². The number of fused-ring (bicyclic) bond motifs is 1. The number of carbonyl (C=O) groups is 2. The van der Waals surface area contributed by atoms with Gasteiger partial charge in [0.15, 0.2) is 0 Å². The highest BCUT2D eigenvalue weighted by Gasteiger charge is 2.13. The molecule has 0 unspecified atom stereocenters. The van der Waals surface area contributed by atoms with Gasteiger partial charge in [-0.15, -0.1) is 0 Å². The molecule has 1 heterocycles. The summed E-state index contributed by atoms with van der Waals surface area (Å²) in [6.07, 6.45) is 3.27. The van der Waals surface area contributed by atoms with E-state index in [0.717, 1.165) is 27.7 Å². The number of carbonyl (C=O) groups excluding carboxylic acids is 1. The second-order valence-electron chi connectivity index (χ2n) is 5.77. The number of aromatic carboxylic acids is 1. The highest BCUT2D eigenvalue weighted by Crippen LogP contribution is 2.29. The molecule has 0 aliphatic rings. The van der Waals surface area contributed by atoms with Gasteiger partial charge in [0.1, 0.15) is 5.75 Å². The monoisotopic (exact) mass is 338 g/mol. The van der Waals surface area contributed by atoms with E-state index in [1.807, 2.05) is 36.0 Å². The van der Waals surface area contributed by atoms with E-state index < -0.39 is 5.97 Å². The van der Waals surface area contributed by atoms with Gasteiger partial charge in [-0.2, -0.15) is 0 Å². The van der Waals surface area contributed by atoms with Crippen molar-refractivity contribution in [3.05, 3.63) is 59.3 Å². The molecule has 0 atom stereocenters. The van der Waals surface area contributed by atoms with Crippen molar-refractivity contribution in [1.82, 2.24) is 4.57 Å². The molecule has 0 fully saturated rings. The lowest BCUT2D eigenvalue weighted by atomic mass is 10.0. The van der Waals surface area contributed by atoms with Crippen LogP contribution in [0.5, 0.6) is 5.75 Å². The van der Waals surface area contributed by atoms with Gasteiger partial charge in [-0.1, -0.05) is 6.07 Å². The molecular weight excluding hydrogens is 320 g/mol. The second-order valence-corrected chi connectivity index (χ2v) is 5.77. The van der Waals surface area contributed by atoms with E-state index >= 15 is 0 Å². The molecule has 2 aromatic carbocycles. The molecule has 0 saturated carbocycles. The van der Waals surface area contributed by atoms with Crippen LogP contribution in [0, 0.1) is 0 Å². The fourth-order valence-electron chi connectivity index (χ4n) is 3.00. The minimum absolute atomic E-state index is 0.191. The van der Waals surface area contributed by atoms with Crippen molar-refractivity contribution in [3.8, 4) is 5.75 Å². The Kier molecular flexibility index (Phi) is 4.43. The summed E-state index contributed by atoms with van der Waals surface area (Å²) in [6.45, 7) is 0. The molecule has 0 radical (unpaired) electrons. The average Bonchev–Trinajstić information content (AvgIpc) is 2.91. The molecule has 3 aromatic rings. The van der Waals surface area contributed by atoms with Gasteiger partial charge in [-0.05, 0) is 41.5 Å². The van der Waals surface area contributed by atoms with Crippen molar-refractivity contribution < 1.29 is 19.4 Å². The lowest BCUT2D eigenvalue weighted by Gasteiger charge is -2.09. The molecule has 1 amide bonds. The van der Waals surface area contributed by atoms with Crippen LogP contribution in [0.15, 0.2) is 42.6 Å². The molecule has 6 heteroatoms. The first kappa shape index (κ1) is 16.6. The third kappa shape index (κ3) is 3.19. The standard InChI is InChI=1S/C19H18N2O4/c1-21-10-14(16-9-15(20-11-22)5-6-17(16)21)7-12-3-4-13(19(23)24)8-18(12)25-2/h3-6,8-11H,7H2,1-2H3,(H,20,22)(H,23,24). The number of aromatic nitrogens is 1. The SMILES string of the molecule is COc1cc(C(=O)O)ccc1Cc1cn(C)c2ccc(NC=O)cc12. The van der Waals surface area contributed by atoms with Crippen LogP contribution < -0.4 is 10.1 Å². The van der Waals surface area contributed by atoms with E-state index in [4.69, 9.17) is 9.84 Å². The van der Waals surface area contributed by atoms with E-state index in [-0.39, 0.29) is 5.56 Å². The summed E-state index contributed by atoms with van der Waals surface area (Å²) in [5.74, 6) is -0.446. The van der Waals surface area contributed by atoms with Crippen LogP contribution in [0.3, 0.4) is 0 Å². The number of hydrogen-bond donors (Lipinski definition) is 2. The van der Waals surface area contributed by atoms with Crippen molar-refractivity contribution in [2.45, 2.75) is 6.42 Å². The summed E-state index contributed by atoms with van der Waals surface area (Å²) in [5, 5.41) is 12.8. The Morgan fingerprint density at radius 3 is 2.72 bits per heavy atom. The van der Waals surface area contributed by atoms with Crippen LogP contribution >= 0.6 is 0 Å². The summed E-state index contributed by atoms with van der Waals surface area (Å²) in [6, 6.07) is 10.6. The minimum Gasteiger partial charge on any atom is -0.496 e. The first-order valence-corrected chi connectivity index (χ1v) is 7.72. The van der Waals surface area contributed by atoms with Crippen LogP contribution in [0.2, 0.25) is 0 Å². The predicted octanol–water partition coefficient (Wildman–Crippen LogP) is 3.04. The zero-order chi connectivity index (χ0) is 18.0. The van der Waals surface area contributed by atoms with E-state index in [0.29, 0.717) is 18.6 Å². The van der Waals surface area contributed by atoms with Crippen molar-refractivity contribution in [2.24, 2.45) is 7.05 Å². The Bertz CT molecular complexity index is 959. The summed E-state index contributed by atoms with van der Waals surface area (Å²) in [7, 11) is 3.49. The molecule has 128 valence electrons. The molecule has 1 aromatic heterocycles. The van der Waals surface area contributed by atoms with Crippen LogP contribution in [0.1, 0.15) is 21.5 Å². The zero-order valence-electron chi connectivity index (χ0n) is 13.9. The Labute approximate surface area is 144 Å². The molecule has 2 N–H and O–H groups in total. The van der Waals surface area contributed by atoms with E-state index in [1.165, 1.54) is 13.2 Å². The van der Waals surface area contributed by atoms with Gasteiger partial charge in [-0.3, -0.25) is 4.79 Å². The quantitative estimate of drug-likeness (QED) is 0.677. The fourth-order valence-corrected chi connectivity index (χ4v) is 3.00. The number of anilines is 1. The molecular formula is C19H18N2O4. The Morgan fingerprint density at radius 2 is 2.04 bits per heavy atom. The van der Waals surface area contributed by atoms with Crippen molar-refractivity contribution in [2.75, 3.05) is 12.4 Å². The maximum Gasteiger partial charge on any atom is 0.335 e. The third-order valence-corrected chi connectivity index (χ3v) is 4.21. The minimum atomic E-state index is -0.986. The fraction of sp³-hybridized carbons (Fsp3) is 0.158. The Morgan fingerprint density at radius 1 is 1.24 bits per heavy atom. The maximum absolute atomic E-state index is 11.1. The molecule has 0 aliphatic heterocycles. The van der Waals surface area contributed by atoms with Crippen molar-refractivity contribution >= 4 is 29.0 Å². The third-order valence-electron chi connectivity index (χ3n) is 4.21. The molecule has 3 rings (SSSR count). The van der Waals surface area contributed by atoms with Gasteiger partial charge >= 0.3 is 5.97 Å². The highest BCUT2D eigenvalue weighted by atomic mass is 16.5. The van der Waals surface area contributed by atoms with Crippen LogP contribution in [0.4, 0.5) is 5.69 Å². The van der Waals surface area contributed by atoms with E-state index in [9.17, 15) is 9.59 Å². The number of nitrogens with one attached hydrogen (secondary N) is 1. The first-order chi connectivity index (χ1) is 12.0. The van der Waals surface area contributed by atoms with Crippen molar-refractivity contribution in [3.63, 3.8) is 0 Å². The average molecular weight is 338 g/mol. The zero-order valence-corrected chi connectivity index (χ0v) is 13.9. The highest BCUT2D eigenvalue weighted by molar-refractivity contribution is 5.90. The number of amides is 1. The van der Waals surface area contributed by atoms with Crippen LogP contribution in [-0.2, 0) is 18.3 Å². The lowest BCUT2D eigenvalue weighted by Crippen LogP contribution is -2.00. The second kappa shape index (κ2) is 6.68. The molecule has 0 aliphatic carbocycles. The first-order valence-electron chi connectivity index (χ1n) is 7.72. The summed E-state index contributed by atoms with van der Waals surface area (Å²) >= 11 is 0. The smallest absolute Gasteiger partial charge is 0.335 e. The molecule has 0 bridgehead atoms. The predicted molar refractivity (Wildman–Crippen MR) is 95.4 cm³/mol. The van der Waals surface area contributed by atoms with Gasteiger partial charge in [0.2, 0.25) is 6.41 Å². The van der Waals surface area contributed by atoms with Crippen LogP contribution in [-0.4, -0.2) is 29.2 Å². The largest absolute Gasteiger partial charge is 0.496 e. The number of hydrogen-bond acceptors (Lipinski definition) is 3. The van der Waals surface area contributed by atoms with Gasteiger partial charge in [0.05, 0.1) is 12.7 Å². The number of benzene rings is 2. The van der Waals surface area contributed by atoms with Gasteiger partial charge in [0.25, 0.3) is 0 Å². The summed E-state index contributed by atoms with van der Waals surface area (Å²) < 4.78 is 7.38. The number of rotatable bonds is 6. The number of aryl methyl sites for hydroxylation is 1. The van der Waals surface area contributed by atoms with E-state index in [2.05, 4.69) is 5.32 Å². The molecule has 0 spiro atoms. The van der Waals surface area contributed by atoms with Gasteiger partial charge in [0, 0.05) is 36.3 Å². The van der Waals surface area contributed by atoms with E-state index in [1.54, 1.807) is 12.1 Å². The van der Waals surface area contributed by atoms with Gasteiger partial charge < -0.3 is 19.7 Å². The molecule has 0 saturated heterocycles. The van der Waals surface area contributed by atoms with Crippen LogP contribution in [0.25, 0.3) is 10.9 Å².